The number of carbonyl (C=O) groups excluding carboxylic acids is 2. The highest BCUT2D eigenvalue weighted by molar-refractivity contribution is 5.93. The SMILES string of the molecule is C=C/C=C(\C=C)c1ccccc1C=O.CC.CC(C)C.CCN/C(C)=C(/C(C)=O)N(CC)CC.CN.Cc1ccccc1. The van der Waals surface area contributed by atoms with Gasteiger partial charge in [-0.2, -0.15) is 0 Å². The molecule has 2 rings (SSSR count). The first kappa shape index (κ1) is 46.3. The van der Waals surface area contributed by atoms with E-state index >= 15 is 0 Å². The molecule has 0 saturated carbocycles. The summed E-state index contributed by atoms with van der Waals surface area (Å²) in [6, 6.07) is 17.7. The van der Waals surface area contributed by atoms with Gasteiger partial charge in [0.15, 0.2) is 12.1 Å². The summed E-state index contributed by atoms with van der Waals surface area (Å²) < 4.78 is 0. The molecule has 0 amide bonds. The summed E-state index contributed by atoms with van der Waals surface area (Å²) in [5, 5.41) is 3.19. The Labute approximate surface area is 265 Å². The molecule has 0 bridgehead atoms. The second-order valence-corrected chi connectivity index (χ2v) is 9.39. The van der Waals surface area contributed by atoms with E-state index in [0.29, 0.717) is 5.56 Å². The lowest BCUT2D eigenvalue weighted by atomic mass is 10.0. The van der Waals surface area contributed by atoms with Gasteiger partial charge in [-0.1, -0.05) is 126 Å². The number of rotatable bonds is 10. The fraction of sp³-hybridized carbons (Fsp3) is 0.421. The Balaban J connectivity index is -0.000000244. The molecule has 0 heterocycles. The predicted octanol–water partition coefficient (Wildman–Crippen LogP) is 9.27. The highest BCUT2D eigenvalue weighted by atomic mass is 16.1. The van der Waals surface area contributed by atoms with E-state index in [4.69, 9.17) is 0 Å². The zero-order valence-electron chi connectivity index (χ0n) is 29.5. The number of allylic oxidation sites excluding steroid dienone is 6. The van der Waals surface area contributed by atoms with Crippen molar-refractivity contribution in [3.05, 3.63) is 114 Å². The van der Waals surface area contributed by atoms with E-state index in [0.717, 1.165) is 54.4 Å². The molecule has 0 spiro atoms. The molecule has 0 aromatic heterocycles. The van der Waals surface area contributed by atoms with Gasteiger partial charge in [-0.15, -0.1) is 0 Å². The van der Waals surface area contributed by atoms with Crippen molar-refractivity contribution in [1.29, 1.82) is 0 Å². The number of aryl methyl sites for hydroxylation is 1. The summed E-state index contributed by atoms with van der Waals surface area (Å²) in [5.74, 6) is 0.965. The third-order valence-corrected chi connectivity index (χ3v) is 5.07. The largest absolute Gasteiger partial charge is 0.387 e. The summed E-state index contributed by atoms with van der Waals surface area (Å²) in [4.78, 5) is 24.3. The number of hydrogen-bond acceptors (Lipinski definition) is 5. The van der Waals surface area contributed by atoms with Crippen LogP contribution in [0, 0.1) is 12.8 Å². The lowest BCUT2D eigenvalue weighted by Gasteiger charge is -2.25. The maximum absolute atomic E-state index is 11.5. The number of Topliss-reactive ketones (excluding diaryl/α,β-unsaturated/α-hetero) is 1. The molecule has 0 saturated heterocycles. The van der Waals surface area contributed by atoms with Crippen LogP contribution in [0.5, 0.6) is 0 Å². The Kier molecular flexibility index (Phi) is 35.3. The summed E-state index contributed by atoms with van der Waals surface area (Å²) >= 11 is 0. The highest BCUT2D eigenvalue weighted by Gasteiger charge is 2.13. The highest BCUT2D eigenvalue weighted by Crippen LogP contribution is 2.18. The molecule has 5 nitrogen and oxygen atoms in total. The van der Waals surface area contributed by atoms with Gasteiger partial charge in [0.05, 0.1) is 5.70 Å². The van der Waals surface area contributed by atoms with Gasteiger partial charge in [0.25, 0.3) is 0 Å². The molecule has 0 fully saturated rings. The fourth-order valence-corrected chi connectivity index (χ4v) is 3.40. The summed E-state index contributed by atoms with van der Waals surface area (Å²) in [5.41, 5.74) is 10.1. The quantitative estimate of drug-likeness (QED) is 0.163. The zero-order chi connectivity index (χ0) is 34.2. The Bertz CT molecular complexity index is 1030. The van der Waals surface area contributed by atoms with Crippen molar-refractivity contribution in [3.63, 3.8) is 0 Å². The van der Waals surface area contributed by atoms with Crippen LogP contribution in [0.15, 0.2) is 97.4 Å². The summed E-state index contributed by atoms with van der Waals surface area (Å²) in [6.07, 6.45) is 6.06. The van der Waals surface area contributed by atoms with Crippen molar-refractivity contribution in [2.45, 2.75) is 76.2 Å². The van der Waals surface area contributed by atoms with E-state index in [-0.39, 0.29) is 5.78 Å². The zero-order valence-corrected chi connectivity index (χ0v) is 29.5. The Hall–Kier alpha value is -3.70. The van der Waals surface area contributed by atoms with E-state index in [1.165, 1.54) is 12.6 Å². The van der Waals surface area contributed by atoms with Gasteiger partial charge in [0.2, 0.25) is 0 Å². The van der Waals surface area contributed by atoms with Crippen molar-refractivity contribution >= 4 is 17.6 Å². The smallest absolute Gasteiger partial charge is 0.177 e. The monoisotopic (exact) mass is 593 g/mol. The van der Waals surface area contributed by atoms with Crippen molar-refractivity contribution in [3.8, 4) is 0 Å². The van der Waals surface area contributed by atoms with Gasteiger partial charge < -0.3 is 16.0 Å². The van der Waals surface area contributed by atoms with E-state index in [9.17, 15) is 9.59 Å². The van der Waals surface area contributed by atoms with E-state index in [1.54, 1.807) is 25.1 Å². The molecule has 0 unspecified atom stereocenters. The Morgan fingerprint density at radius 1 is 0.907 bits per heavy atom. The van der Waals surface area contributed by atoms with Crippen molar-refractivity contribution in [2.75, 3.05) is 26.7 Å². The number of likely N-dealkylation sites (N-methyl/N-ethyl adjacent to an activating group) is 1. The molecule has 0 atom stereocenters. The fourth-order valence-electron chi connectivity index (χ4n) is 3.40. The maximum atomic E-state index is 11.5. The molecule has 43 heavy (non-hydrogen) atoms. The number of hydrogen-bond donors (Lipinski definition) is 2. The van der Waals surface area contributed by atoms with Crippen LogP contribution < -0.4 is 11.1 Å². The Morgan fingerprint density at radius 2 is 1.37 bits per heavy atom. The number of benzene rings is 2. The van der Waals surface area contributed by atoms with Crippen molar-refractivity contribution in [1.82, 2.24) is 10.2 Å². The molecule has 2 aromatic rings. The van der Waals surface area contributed by atoms with Crippen LogP contribution in [-0.2, 0) is 4.79 Å². The number of nitrogens with two attached hydrogens (primary N) is 1. The summed E-state index contributed by atoms with van der Waals surface area (Å²) in [6.45, 7) is 32.2. The normalized spacial score (nSPS) is 9.95. The molecule has 3 N–H and O–H groups in total. The van der Waals surface area contributed by atoms with Gasteiger partial charge in [0, 0.05) is 37.8 Å². The van der Waals surface area contributed by atoms with Gasteiger partial charge in [-0.25, -0.2) is 0 Å². The first-order valence-electron chi connectivity index (χ1n) is 15.3. The minimum absolute atomic E-state index is 0.132. The predicted molar refractivity (Wildman–Crippen MR) is 193 cm³/mol. The molecule has 0 aliphatic rings. The van der Waals surface area contributed by atoms with Gasteiger partial charge in [-0.3, -0.25) is 9.59 Å². The molecular weight excluding hydrogens is 530 g/mol. The maximum Gasteiger partial charge on any atom is 0.177 e. The van der Waals surface area contributed by atoms with Crippen LogP contribution in [0.1, 0.15) is 90.7 Å². The first-order valence-corrected chi connectivity index (χ1v) is 15.3. The van der Waals surface area contributed by atoms with Crippen molar-refractivity contribution in [2.24, 2.45) is 11.7 Å². The van der Waals surface area contributed by atoms with Crippen LogP contribution in [0.3, 0.4) is 0 Å². The Morgan fingerprint density at radius 3 is 1.70 bits per heavy atom. The minimum atomic E-state index is 0.132. The van der Waals surface area contributed by atoms with Crippen LogP contribution >= 0.6 is 0 Å². The lowest BCUT2D eigenvalue weighted by Crippen LogP contribution is -2.30. The average Bonchev–Trinajstić information content (AvgIpc) is 3.01. The second kappa shape index (κ2) is 32.8. The van der Waals surface area contributed by atoms with Gasteiger partial charge in [0.1, 0.15) is 0 Å². The van der Waals surface area contributed by atoms with Crippen molar-refractivity contribution < 1.29 is 9.59 Å². The molecule has 242 valence electrons. The molecule has 0 radical (unpaired) electrons. The van der Waals surface area contributed by atoms with Crippen LogP contribution in [0.4, 0.5) is 0 Å². The van der Waals surface area contributed by atoms with E-state index in [2.05, 4.69) is 82.8 Å². The third kappa shape index (κ3) is 24.6. The van der Waals surface area contributed by atoms with Gasteiger partial charge >= 0.3 is 0 Å². The number of carbonyl (C=O) groups is 2. The van der Waals surface area contributed by atoms with Crippen LogP contribution in [-0.4, -0.2) is 43.7 Å². The number of nitrogens with zero attached hydrogens (tertiary/aromatic N) is 1. The van der Waals surface area contributed by atoms with E-state index < -0.39 is 0 Å². The van der Waals surface area contributed by atoms with Crippen LogP contribution in [0.2, 0.25) is 0 Å². The average molecular weight is 594 g/mol. The molecule has 0 aliphatic carbocycles. The number of aldehydes is 1. The standard InChI is InChI=1S/C13H12O.C11H22N2O.C7H8.C4H10.C2H6.CH5N/c1-3-7-11(4-2)13-9-6-5-8-12(13)10-14;1-6-12-9(4)11(10(5)14)13(7-2)8-3;1-7-5-3-2-4-6-7;1-4(2)3;2*1-2/h3-10H,1-2H2;12H,6-8H2,1-5H3;2-6H,1H3;4H,1-3H3;1-2H3;2H2,1H3/b11-7+;11-9-;;;;. The number of nitrogens with one attached hydrogen (secondary N) is 1. The molecule has 5 heteroatoms. The first-order chi connectivity index (χ1) is 20.5. The van der Waals surface area contributed by atoms with Crippen LogP contribution in [0.25, 0.3) is 5.57 Å². The molecular formula is C38H63N3O2. The topological polar surface area (TPSA) is 75.4 Å². The minimum Gasteiger partial charge on any atom is -0.387 e. The molecule has 2 aromatic carbocycles. The summed E-state index contributed by atoms with van der Waals surface area (Å²) in [7, 11) is 1.50. The second-order valence-electron chi connectivity index (χ2n) is 9.39. The van der Waals surface area contributed by atoms with Gasteiger partial charge in [-0.05, 0) is 58.7 Å². The third-order valence-electron chi connectivity index (χ3n) is 5.07. The van der Waals surface area contributed by atoms with E-state index in [1.807, 2.05) is 70.2 Å². The lowest BCUT2D eigenvalue weighted by molar-refractivity contribution is -0.115. The molecule has 0 aliphatic heterocycles. The number of ketones is 1.